The Kier molecular flexibility index (Phi) is 6.12. The molecule has 7 heteroatoms. The zero-order chi connectivity index (χ0) is 19.1. The van der Waals surface area contributed by atoms with Crippen LogP contribution in [0.2, 0.25) is 5.02 Å². The number of para-hydroxylation sites is 2. The summed E-state index contributed by atoms with van der Waals surface area (Å²) in [6, 6.07) is 16.7. The zero-order valence-electron chi connectivity index (χ0n) is 14.2. The third-order valence-corrected chi connectivity index (χ3v) is 3.86. The molecule has 0 atom stereocenters. The second-order valence-corrected chi connectivity index (χ2v) is 5.80. The number of nitrogens with one attached hydrogen (secondary N) is 1. The molecule has 1 aromatic heterocycles. The lowest BCUT2D eigenvalue weighted by molar-refractivity contribution is 0.0451. The summed E-state index contributed by atoms with van der Waals surface area (Å²) >= 11 is 5.99. The van der Waals surface area contributed by atoms with Gasteiger partial charge in [0, 0.05) is 0 Å². The molecule has 1 N–H and O–H groups in total. The maximum Gasteiger partial charge on any atom is 0.340 e. The van der Waals surface area contributed by atoms with Crippen molar-refractivity contribution in [2.45, 2.75) is 0 Å². The number of carbonyl (C=O) groups is 2. The van der Waals surface area contributed by atoms with Crippen molar-refractivity contribution in [2.75, 3.05) is 18.5 Å². The molecule has 0 radical (unpaired) electrons. The Bertz CT molecular complexity index is 924. The van der Waals surface area contributed by atoms with Gasteiger partial charge in [-0.3, -0.25) is 4.79 Å². The van der Waals surface area contributed by atoms with Gasteiger partial charge in [0.05, 0.1) is 22.5 Å². The van der Waals surface area contributed by atoms with Crippen LogP contribution in [-0.4, -0.2) is 25.1 Å². The van der Waals surface area contributed by atoms with Gasteiger partial charge < -0.3 is 19.2 Å². The molecule has 0 aliphatic heterocycles. The SMILES string of the molecule is O=C(Nc1ccccc1C(=O)OCCOc1ccccc1Cl)c1ccco1. The van der Waals surface area contributed by atoms with E-state index >= 15 is 0 Å². The number of rotatable bonds is 7. The van der Waals surface area contributed by atoms with E-state index < -0.39 is 11.9 Å². The summed E-state index contributed by atoms with van der Waals surface area (Å²) in [6.45, 7) is 0.181. The molecule has 27 heavy (non-hydrogen) atoms. The van der Waals surface area contributed by atoms with Crippen molar-refractivity contribution < 1.29 is 23.5 Å². The van der Waals surface area contributed by atoms with E-state index in [4.69, 9.17) is 25.5 Å². The van der Waals surface area contributed by atoms with Crippen molar-refractivity contribution in [2.24, 2.45) is 0 Å². The third-order valence-electron chi connectivity index (χ3n) is 3.55. The quantitative estimate of drug-likeness (QED) is 0.481. The molecular weight excluding hydrogens is 370 g/mol. The number of hydrogen-bond acceptors (Lipinski definition) is 5. The highest BCUT2D eigenvalue weighted by atomic mass is 35.5. The lowest BCUT2D eigenvalue weighted by atomic mass is 10.1. The van der Waals surface area contributed by atoms with Crippen molar-refractivity contribution in [1.29, 1.82) is 0 Å². The predicted molar refractivity (Wildman–Crippen MR) is 100 cm³/mol. The Labute approximate surface area is 160 Å². The maximum absolute atomic E-state index is 12.3. The minimum absolute atomic E-state index is 0.0323. The van der Waals surface area contributed by atoms with E-state index in [1.54, 1.807) is 54.6 Å². The van der Waals surface area contributed by atoms with Crippen molar-refractivity contribution in [3.8, 4) is 5.75 Å². The van der Waals surface area contributed by atoms with Crippen LogP contribution in [0.4, 0.5) is 5.69 Å². The van der Waals surface area contributed by atoms with Crippen LogP contribution in [0.1, 0.15) is 20.9 Å². The van der Waals surface area contributed by atoms with Crippen LogP contribution in [-0.2, 0) is 4.74 Å². The Morgan fingerprint density at radius 1 is 0.963 bits per heavy atom. The van der Waals surface area contributed by atoms with Gasteiger partial charge in [0.15, 0.2) is 5.76 Å². The van der Waals surface area contributed by atoms with E-state index in [2.05, 4.69) is 5.32 Å². The van der Waals surface area contributed by atoms with Gasteiger partial charge in [0.25, 0.3) is 5.91 Å². The number of halogens is 1. The van der Waals surface area contributed by atoms with E-state index in [0.29, 0.717) is 16.5 Å². The van der Waals surface area contributed by atoms with Crippen LogP contribution < -0.4 is 10.1 Å². The molecule has 3 aromatic rings. The second kappa shape index (κ2) is 8.91. The number of furan rings is 1. The summed E-state index contributed by atoms with van der Waals surface area (Å²) in [5.41, 5.74) is 0.561. The number of anilines is 1. The predicted octanol–water partition coefficient (Wildman–Crippen LogP) is 4.42. The van der Waals surface area contributed by atoms with Gasteiger partial charge in [-0.15, -0.1) is 0 Å². The van der Waals surface area contributed by atoms with Crippen LogP contribution in [0, 0.1) is 0 Å². The highest BCUT2D eigenvalue weighted by Crippen LogP contribution is 2.23. The topological polar surface area (TPSA) is 77.8 Å². The highest BCUT2D eigenvalue weighted by molar-refractivity contribution is 6.32. The normalized spacial score (nSPS) is 10.3. The zero-order valence-corrected chi connectivity index (χ0v) is 14.9. The average Bonchev–Trinajstić information content (AvgIpc) is 3.22. The first-order valence-electron chi connectivity index (χ1n) is 8.13. The number of hydrogen-bond donors (Lipinski definition) is 1. The molecule has 1 amide bonds. The van der Waals surface area contributed by atoms with Gasteiger partial charge in [-0.05, 0) is 36.4 Å². The van der Waals surface area contributed by atoms with Gasteiger partial charge >= 0.3 is 5.97 Å². The van der Waals surface area contributed by atoms with E-state index in [1.807, 2.05) is 0 Å². The van der Waals surface area contributed by atoms with Gasteiger partial charge in [-0.25, -0.2) is 4.79 Å². The molecule has 0 bridgehead atoms. The molecule has 0 aliphatic rings. The van der Waals surface area contributed by atoms with Gasteiger partial charge in [0.1, 0.15) is 19.0 Å². The van der Waals surface area contributed by atoms with E-state index in [1.165, 1.54) is 12.3 Å². The minimum atomic E-state index is -0.576. The fraction of sp³-hybridized carbons (Fsp3) is 0.100. The first-order chi connectivity index (χ1) is 13.1. The van der Waals surface area contributed by atoms with Crippen molar-refractivity contribution in [3.63, 3.8) is 0 Å². The molecular formula is C20H16ClNO5. The number of benzene rings is 2. The first kappa shape index (κ1) is 18.5. The van der Waals surface area contributed by atoms with Gasteiger partial charge in [-0.1, -0.05) is 35.9 Å². The van der Waals surface area contributed by atoms with E-state index in [9.17, 15) is 9.59 Å². The molecule has 1 heterocycles. The Balaban J connectivity index is 1.57. The first-order valence-corrected chi connectivity index (χ1v) is 8.51. The van der Waals surface area contributed by atoms with Crippen molar-refractivity contribution in [1.82, 2.24) is 0 Å². The van der Waals surface area contributed by atoms with Crippen molar-refractivity contribution in [3.05, 3.63) is 83.3 Å². The largest absolute Gasteiger partial charge is 0.488 e. The Morgan fingerprint density at radius 2 is 1.74 bits per heavy atom. The molecule has 3 rings (SSSR count). The van der Waals surface area contributed by atoms with Crippen LogP contribution >= 0.6 is 11.6 Å². The molecule has 0 saturated carbocycles. The van der Waals surface area contributed by atoms with Crippen LogP contribution in [0.5, 0.6) is 5.75 Å². The number of amides is 1. The minimum Gasteiger partial charge on any atom is -0.488 e. The maximum atomic E-state index is 12.3. The molecule has 0 saturated heterocycles. The number of esters is 1. The second-order valence-electron chi connectivity index (χ2n) is 5.39. The van der Waals surface area contributed by atoms with Crippen LogP contribution in [0.15, 0.2) is 71.3 Å². The van der Waals surface area contributed by atoms with Gasteiger partial charge in [-0.2, -0.15) is 0 Å². The lowest BCUT2D eigenvalue weighted by Crippen LogP contribution is -2.17. The van der Waals surface area contributed by atoms with E-state index in [-0.39, 0.29) is 24.5 Å². The Morgan fingerprint density at radius 3 is 2.52 bits per heavy atom. The summed E-state index contributed by atoms with van der Waals surface area (Å²) in [4.78, 5) is 24.4. The summed E-state index contributed by atoms with van der Waals surface area (Å²) in [5.74, 6) is -0.372. The molecule has 0 unspecified atom stereocenters. The molecule has 6 nitrogen and oxygen atoms in total. The van der Waals surface area contributed by atoms with Crippen molar-refractivity contribution >= 4 is 29.2 Å². The molecule has 0 fully saturated rings. The summed E-state index contributed by atoms with van der Waals surface area (Å²) in [6.07, 6.45) is 1.40. The Hall–Kier alpha value is -3.25. The monoisotopic (exact) mass is 385 g/mol. The third kappa shape index (κ3) is 4.89. The van der Waals surface area contributed by atoms with Gasteiger partial charge in [0.2, 0.25) is 0 Å². The van der Waals surface area contributed by atoms with Crippen LogP contribution in [0.3, 0.4) is 0 Å². The summed E-state index contributed by atoms with van der Waals surface area (Å²) in [5, 5.41) is 3.12. The molecule has 0 aliphatic carbocycles. The highest BCUT2D eigenvalue weighted by Gasteiger charge is 2.16. The number of carbonyl (C=O) groups excluding carboxylic acids is 2. The fourth-order valence-corrected chi connectivity index (χ4v) is 2.48. The molecule has 0 spiro atoms. The molecule has 138 valence electrons. The number of ether oxygens (including phenoxy) is 2. The summed E-state index contributed by atoms with van der Waals surface area (Å²) in [7, 11) is 0. The van der Waals surface area contributed by atoms with Crippen LogP contribution in [0.25, 0.3) is 0 Å². The molecule has 2 aromatic carbocycles. The smallest absolute Gasteiger partial charge is 0.340 e. The lowest BCUT2D eigenvalue weighted by Gasteiger charge is -2.11. The standard InChI is InChI=1S/C20H16ClNO5/c21-15-7-2-4-9-17(15)26-12-13-27-20(24)14-6-1-3-8-16(14)22-19(23)18-10-5-11-25-18/h1-11H,12-13H2,(H,22,23). The van der Waals surface area contributed by atoms with E-state index in [0.717, 1.165) is 0 Å². The average molecular weight is 386 g/mol. The summed E-state index contributed by atoms with van der Waals surface area (Å²) < 4.78 is 15.7. The fourth-order valence-electron chi connectivity index (χ4n) is 2.29.